The summed E-state index contributed by atoms with van der Waals surface area (Å²) >= 11 is 32.3. The second-order valence-electron chi connectivity index (χ2n) is 29.1. The van der Waals surface area contributed by atoms with Gasteiger partial charge in [-0.1, -0.05) is 66.0 Å². The molecule has 8 aromatic rings. The molecule has 0 radical (unpaired) electrons. The number of anilines is 3. The molecule has 6 saturated heterocycles. The van der Waals surface area contributed by atoms with E-state index in [2.05, 4.69) is 49.8 Å². The number of nitrogens with one attached hydrogen (secondary N) is 4. The molecule has 0 amide bonds. The van der Waals surface area contributed by atoms with Crippen molar-refractivity contribution in [3.05, 3.63) is 149 Å². The molecule has 6 aliphatic rings. The number of rotatable bonds is 35. The number of hydrogen-bond acceptors (Lipinski definition) is 47. The molecule has 51 nitrogen and oxygen atoms in total. The fraction of sp³-hybridized carbons (Fsp3) is 0.581. The van der Waals surface area contributed by atoms with E-state index in [0.717, 1.165) is 44.1 Å². The summed E-state index contributed by atoms with van der Waals surface area (Å²) in [5.41, 5.74) is 12.2. The molecular formula is C62H77N19O32P6S6-6. The van der Waals surface area contributed by atoms with Gasteiger partial charge in [-0.05, 0) is 34.1 Å². The van der Waals surface area contributed by atoms with Crippen LogP contribution in [0.25, 0.3) is 22.3 Å². The smallest absolute Gasteiger partial charge is 0.351 e. The second kappa shape index (κ2) is 38.1. The summed E-state index contributed by atoms with van der Waals surface area (Å²) in [6, 6.07) is 0. The summed E-state index contributed by atoms with van der Waals surface area (Å²) in [7, 11) is 1.03. The molecule has 63 heteroatoms. The number of nitrogens with zero attached hydrogens (tertiary/aromatic N) is 12. The summed E-state index contributed by atoms with van der Waals surface area (Å²) in [6.07, 6.45) is -16.8. The first-order valence-corrected chi connectivity index (χ1v) is 52.8. The monoisotopic (exact) mass is 1980 g/mol. The van der Waals surface area contributed by atoms with Crippen molar-refractivity contribution in [2.75, 3.05) is 57.3 Å². The quantitative estimate of drug-likeness (QED) is 0.0161. The minimum Gasteiger partial charge on any atom is -0.780 e. The first kappa shape index (κ1) is 95.2. The Bertz CT molecular complexity index is 6260. The standard InChI is InChI=1S/C62H83N19O32P6S6/c1-7-30-31(8-42(102-30)77-15-27(3)54(82)73-60(77)87)109-115(91,121)97-22-41-36(13-47(107-41)81-25-69-49-53(81)71-58(65)72-57(49)85)113-119(95,125)100-20-39-34(11-45(105-39)79-17-29(5)56(84)75-62(79)89)111-117(93,123)101-21-40-35(12-46(106-40)80-24-68-48-51(64)66-23-67-52(48)80)112-118(94,124)99-19-38-33(10-44(104-38)78-16-28(4)55(83)74-61(78)88)110-116(92,122)98-18-37-32(108-114(90,120)96-6)9-43(103-37)76-14-26(2)50(63)70-59(76)86/h14-17,23-25,30-47H,7-13,18-22H2,1-6H3,(H,90,120)(H,91,121)(H,92,122)(H,93,123)(H,94,124)(H,95,125)(H2,63,70,86)(H2,64,66,67)(H,73,82,87)(H,74,83,88)(H,75,84,89)(H3,65,71,72,85)/p-6/t30-,31-,32-,33-,34-,35-,36-,37-,38-,39-,40-,41-,42-,43-,44-,45-,46-,47-,114?,115?,116?,117?,118?,119?/m1/s1. The van der Waals surface area contributed by atoms with E-state index < -0.39 is 242 Å². The molecule has 6 unspecified atom stereocenters. The van der Waals surface area contributed by atoms with E-state index in [1.54, 1.807) is 13.8 Å². The first-order valence-electron chi connectivity index (χ1n) is 37.4. The number of aromatic nitrogens is 16. The molecule has 0 spiro atoms. The van der Waals surface area contributed by atoms with Gasteiger partial charge in [0.1, 0.15) is 119 Å². The van der Waals surface area contributed by atoms with E-state index >= 15 is 0 Å². The maximum Gasteiger partial charge on any atom is 0.351 e. The van der Waals surface area contributed by atoms with Crippen LogP contribution in [0.2, 0.25) is 0 Å². The van der Waals surface area contributed by atoms with Gasteiger partial charge in [0.15, 0.2) is 29.4 Å². The van der Waals surface area contributed by atoms with Crippen molar-refractivity contribution in [2.24, 2.45) is 0 Å². The van der Waals surface area contributed by atoms with Gasteiger partial charge in [-0.2, -0.15) is 9.97 Å². The molecular weight excluding hydrogens is 1900 g/mol. The lowest BCUT2D eigenvalue weighted by Crippen LogP contribution is -2.34. The summed E-state index contributed by atoms with van der Waals surface area (Å²) in [4.78, 5) is 208. The molecule has 0 bridgehead atoms. The lowest BCUT2D eigenvalue weighted by Gasteiger charge is -2.36. The molecule has 6 fully saturated rings. The Morgan fingerprint density at radius 1 is 0.424 bits per heavy atom. The molecule has 8 aromatic heterocycles. The van der Waals surface area contributed by atoms with Crippen LogP contribution in [-0.2, 0) is 159 Å². The highest BCUT2D eigenvalue weighted by Crippen LogP contribution is 2.56. The van der Waals surface area contributed by atoms with Crippen molar-refractivity contribution in [3.63, 3.8) is 0 Å². The van der Waals surface area contributed by atoms with Crippen LogP contribution in [0.4, 0.5) is 17.6 Å². The fourth-order valence-electron chi connectivity index (χ4n) is 14.4. The molecule has 14 rings (SSSR count). The number of aromatic amines is 4. The SMILES string of the molecule is CC[C@H]1O[C@@H](n2cc(C)c(=O)[nH]c2=O)C[C@H]1OP([O-])(=S)OC[C@H]1O[C@@H](n2cnc3c(=O)[nH]c(N)nc32)C[C@H]1OP(=O)([S-])OC[C@H]1O[C@@H](n2cc(C)c(=O)[nH]c2=O)C[C@H]1OP([O-])(=S)OC[C@H]1O[C@@H](n2cnc3c(N)ncnc32)C[C@H]1OP([O-])(=S)OC[C@H]1O[C@@H](n2cc(C)c(=O)[nH]c2=O)C[C@H]1OP([O-])(=S)OC[C@H]1O[C@@H](n2cc(C)c(N)nc2=O)C[C@H]1OP([O-])(=S)OC. The number of hydrogen-bond donors (Lipinski definition) is 7. The Hall–Kier alpha value is -5.87. The number of fused-ring (bicyclic) bond motifs is 2. The molecule has 24 atom stereocenters. The topological polar surface area (TPSA) is 683 Å². The lowest BCUT2D eigenvalue weighted by atomic mass is 10.1. The predicted molar refractivity (Wildman–Crippen MR) is 442 cm³/mol. The highest BCUT2D eigenvalue weighted by atomic mass is 32.7. The summed E-state index contributed by atoms with van der Waals surface area (Å²) in [6.45, 7) is -25.0. The zero-order valence-electron chi connectivity index (χ0n) is 65.7. The highest BCUT2D eigenvalue weighted by molar-refractivity contribution is 8.32. The molecule has 684 valence electrons. The Morgan fingerprint density at radius 2 is 0.760 bits per heavy atom. The van der Waals surface area contributed by atoms with Crippen LogP contribution in [0.3, 0.4) is 0 Å². The Morgan fingerprint density at radius 3 is 1.16 bits per heavy atom. The maximum atomic E-state index is 14.9. The van der Waals surface area contributed by atoms with E-state index in [1.165, 1.54) is 55.0 Å². The van der Waals surface area contributed by atoms with Crippen LogP contribution in [0.1, 0.15) is 111 Å². The van der Waals surface area contributed by atoms with Gasteiger partial charge in [0.25, 0.3) is 22.2 Å². The largest absolute Gasteiger partial charge is 0.780 e. The van der Waals surface area contributed by atoms with Crippen LogP contribution in [-0.4, -0.2) is 191 Å². The molecule has 0 aromatic carbocycles. The van der Waals surface area contributed by atoms with Gasteiger partial charge in [0, 0.05) is 92.7 Å². The number of ether oxygens (including phenoxy) is 6. The second-order valence-corrected chi connectivity index (χ2v) is 45.4. The van der Waals surface area contributed by atoms with E-state index in [1.807, 2.05) is 0 Å². The van der Waals surface area contributed by atoms with Crippen molar-refractivity contribution in [1.29, 1.82) is 0 Å². The minimum atomic E-state index is -4.99. The molecule has 125 heavy (non-hydrogen) atoms. The van der Waals surface area contributed by atoms with Crippen molar-refractivity contribution in [2.45, 2.75) is 190 Å². The molecule has 0 saturated carbocycles. The number of imidazole rings is 2. The van der Waals surface area contributed by atoms with Gasteiger partial charge in [-0.15, -0.1) is 0 Å². The van der Waals surface area contributed by atoms with Crippen LogP contribution >= 0.6 is 40.4 Å². The number of H-pyrrole nitrogens is 4. The van der Waals surface area contributed by atoms with Crippen LogP contribution in [0.15, 0.2) is 82.1 Å². The highest BCUT2D eigenvalue weighted by Gasteiger charge is 2.48. The van der Waals surface area contributed by atoms with Gasteiger partial charge in [-0.3, -0.25) is 71.1 Å². The van der Waals surface area contributed by atoms with Gasteiger partial charge < -0.3 is 137 Å². The lowest BCUT2D eigenvalue weighted by molar-refractivity contribution is -0.221. The normalized spacial score (nSPS) is 29.4. The Balaban J connectivity index is 0.675. The number of nitrogens with two attached hydrogens (primary N) is 3. The Kier molecular flexibility index (Phi) is 29.1. The molecule has 6 aliphatic heterocycles. The maximum absolute atomic E-state index is 14.9. The molecule has 0 aliphatic carbocycles. The zero-order chi connectivity index (χ0) is 90.1. The predicted octanol–water partition coefficient (Wildman–Crippen LogP) is -2.40. The van der Waals surface area contributed by atoms with Crippen LogP contribution in [0.5, 0.6) is 0 Å². The first-order chi connectivity index (χ1) is 58.8. The molecule has 14 heterocycles. The average molecular weight is 1980 g/mol. The average Bonchev–Trinajstić information content (AvgIpc) is 1.62. The fourth-order valence-corrected chi connectivity index (χ4v) is 22.7. The van der Waals surface area contributed by atoms with Crippen molar-refractivity contribution < 1.29 is 112 Å². The molecule has 10 N–H and O–H groups in total. The van der Waals surface area contributed by atoms with Crippen LogP contribution < -0.4 is 86.7 Å². The van der Waals surface area contributed by atoms with E-state index in [4.69, 9.17) is 171 Å². The van der Waals surface area contributed by atoms with Crippen molar-refractivity contribution in [1.82, 2.24) is 77.2 Å². The number of aryl methyl sites for hydroxylation is 4. The zero-order valence-corrected chi connectivity index (χ0v) is 76.0. The van der Waals surface area contributed by atoms with Crippen molar-refractivity contribution >= 4 is 152 Å². The van der Waals surface area contributed by atoms with Gasteiger partial charge in [0.2, 0.25) is 5.95 Å². The summed E-state index contributed by atoms with van der Waals surface area (Å²) < 4.78 is 128. The van der Waals surface area contributed by atoms with Gasteiger partial charge in [0.05, 0.1) is 88.4 Å². The third-order valence-corrected chi connectivity index (χ3v) is 30.1. The van der Waals surface area contributed by atoms with Crippen LogP contribution in [0, 0.1) is 27.7 Å². The Labute approximate surface area is 733 Å². The van der Waals surface area contributed by atoms with E-state index in [0.29, 0.717) is 5.56 Å². The van der Waals surface area contributed by atoms with E-state index in [9.17, 15) is 67.4 Å². The van der Waals surface area contributed by atoms with E-state index in [-0.39, 0.29) is 88.7 Å². The number of nitrogen functional groups attached to an aromatic ring is 3. The summed E-state index contributed by atoms with van der Waals surface area (Å²) in [5, 5.41) is 0. The van der Waals surface area contributed by atoms with Gasteiger partial charge >= 0.3 is 22.8 Å². The summed E-state index contributed by atoms with van der Waals surface area (Å²) in [5.74, 6) is -0.401. The third kappa shape index (κ3) is 22.3. The van der Waals surface area contributed by atoms with Crippen molar-refractivity contribution in [3.8, 4) is 0 Å². The third-order valence-electron chi connectivity index (χ3n) is 20.6. The minimum absolute atomic E-state index is 0.0312. The van der Waals surface area contributed by atoms with Gasteiger partial charge in [-0.25, -0.2) is 39.1 Å².